The smallest absolute Gasteiger partial charge is 0.306 e. The molecule has 0 fully saturated rings. The van der Waals surface area contributed by atoms with Crippen molar-refractivity contribution in [1.29, 1.82) is 0 Å². The fourth-order valence-corrected chi connectivity index (χ4v) is 9.07. The fraction of sp³-hybridized carbons (Fsp3) is 0.918. The predicted molar refractivity (Wildman–Crippen MR) is 293 cm³/mol. The van der Waals surface area contributed by atoms with Gasteiger partial charge in [-0.2, -0.15) is 0 Å². The van der Waals surface area contributed by atoms with Gasteiger partial charge in [0.15, 0.2) is 12.4 Å². The number of rotatable bonds is 57. The van der Waals surface area contributed by atoms with Gasteiger partial charge in [-0.25, -0.2) is 0 Å². The molecule has 2 unspecified atom stereocenters. The highest BCUT2D eigenvalue weighted by Crippen LogP contribution is 2.18. The van der Waals surface area contributed by atoms with Crippen LogP contribution in [0, 0.1) is 0 Å². The van der Waals surface area contributed by atoms with Crippen LogP contribution < -0.4 is 5.11 Å². The Morgan fingerprint density at radius 3 is 1.11 bits per heavy atom. The van der Waals surface area contributed by atoms with Gasteiger partial charge < -0.3 is 33.3 Å². The zero-order valence-electron chi connectivity index (χ0n) is 47.2. The molecule has 0 aromatic heterocycles. The van der Waals surface area contributed by atoms with E-state index >= 15 is 0 Å². The summed E-state index contributed by atoms with van der Waals surface area (Å²) >= 11 is 0. The van der Waals surface area contributed by atoms with Crippen molar-refractivity contribution in [3.63, 3.8) is 0 Å². The third kappa shape index (κ3) is 53.8. The summed E-state index contributed by atoms with van der Waals surface area (Å²) in [7, 11) is 5.92. The van der Waals surface area contributed by atoms with Gasteiger partial charge in [0, 0.05) is 12.8 Å². The minimum Gasteiger partial charge on any atom is -0.545 e. The van der Waals surface area contributed by atoms with Crippen molar-refractivity contribution in [2.24, 2.45) is 0 Å². The Kier molecular flexibility index (Phi) is 51.8. The maximum absolute atomic E-state index is 12.7. The molecule has 0 N–H and O–H groups in total. The molecule has 9 nitrogen and oxygen atoms in total. The van der Waals surface area contributed by atoms with E-state index in [0.29, 0.717) is 23.9 Å². The topological polar surface area (TPSA) is 111 Å². The van der Waals surface area contributed by atoms with E-state index in [4.69, 9.17) is 18.9 Å². The second-order valence-electron chi connectivity index (χ2n) is 22.0. The van der Waals surface area contributed by atoms with Gasteiger partial charge in [0.1, 0.15) is 13.2 Å². The molecule has 0 radical (unpaired) electrons. The lowest BCUT2D eigenvalue weighted by Gasteiger charge is -2.26. The molecule has 0 aromatic rings. The normalized spacial score (nSPS) is 12.8. The Hall–Kier alpha value is -1.97. The molecule has 0 aliphatic rings. The number of carboxylic acid groups (broad SMARTS) is 1. The predicted octanol–water partition coefficient (Wildman–Crippen LogP) is 16.4. The van der Waals surface area contributed by atoms with Gasteiger partial charge in [-0.05, 0) is 32.1 Å². The average Bonchev–Trinajstić information content (AvgIpc) is 3.33. The van der Waals surface area contributed by atoms with E-state index in [9.17, 15) is 19.5 Å². The number of unbranched alkanes of at least 4 members (excludes halogenated alkanes) is 40. The number of ether oxygens (including phenoxy) is 4. The van der Waals surface area contributed by atoms with E-state index in [1.54, 1.807) is 0 Å². The lowest BCUT2D eigenvalue weighted by molar-refractivity contribution is -0.870. The second-order valence-corrected chi connectivity index (χ2v) is 22.0. The van der Waals surface area contributed by atoms with Crippen molar-refractivity contribution in [3.05, 3.63) is 12.2 Å². The van der Waals surface area contributed by atoms with Crippen LogP contribution in [0.15, 0.2) is 12.2 Å². The van der Waals surface area contributed by atoms with E-state index in [2.05, 4.69) is 26.0 Å². The number of quaternary nitrogens is 1. The average molecular weight is 993 g/mol. The van der Waals surface area contributed by atoms with Crippen LogP contribution in [0.4, 0.5) is 0 Å². The zero-order chi connectivity index (χ0) is 51.3. The summed E-state index contributed by atoms with van der Waals surface area (Å²) in [5.41, 5.74) is 0. The van der Waals surface area contributed by atoms with Crippen LogP contribution in [0.2, 0.25) is 0 Å². The highest BCUT2D eigenvalue weighted by Gasteiger charge is 2.22. The second kappa shape index (κ2) is 53.3. The fourth-order valence-electron chi connectivity index (χ4n) is 9.07. The quantitative estimate of drug-likeness (QED) is 0.0195. The number of carboxylic acids is 1. The van der Waals surface area contributed by atoms with E-state index in [-0.39, 0.29) is 32.2 Å². The van der Waals surface area contributed by atoms with Crippen molar-refractivity contribution in [2.75, 3.05) is 47.5 Å². The summed E-state index contributed by atoms with van der Waals surface area (Å²) in [6.07, 6.45) is 58.9. The Morgan fingerprint density at radius 2 is 0.757 bits per heavy atom. The van der Waals surface area contributed by atoms with Crippen LogP contribution in [0.5, 0.6) is 0 Å². The lowest BCUT2D eigenvalue weighted by atomic mass is 10.0. The van der Waals surface area contributed by atoms with E-state index in [0.717, 1.165) is 57.8 Å². The molecule has 0 saturated carbocycles. The summed E-state index contributed by atoms with van der Waals surface area (Å²) in [6.45, 7) is 4.71. The monoisotopic (exact) mass is 992 g/mol. The number of allylic oxidation sites excluding steroid dienone is 2. The first-order chi connectivity index (χ1) is 34.1. The molecule has 0 aliphatic carbocycles. The molecule has 70 heavy (non-hydrogen) atoms. The van der Waals surface area contributed by atoms with Crippen LogP contribution in [-0.2, 0) is 33.3 Å². The van der Waals surface area contributed by atoms with Crippen LogP contribution >= 0.6 is 0 Å². The van der Waals surface area contributed by atoms with Crippen molar-refractivity contribution >= 4 is 17.9 Å². The van der Waals surface area contributed by atoms with Crippen LogP contribution in [0.1, 0.15) is 303 Å². The van der Waals surface area contributed by atoms with Crippen molar-refractivity contribution < 1.29 is 42.9 Å². The zero-order valence-corrected chi connectivity index (χ0v) is 47.2. The Morgan fingerprint density at radius 1 is 0.414 bits per heavy atom. The molecule has 0 spiro atoms. The molecule has 0 heterocycles. The number of hydrogen-bond donors (Lipinski definition) is 0. The summed E-state index contributed by atoms with van der Waals surface area (Å²) in [5.74, 6) is -2.28. The van der Waals surface area contributed by atoms with Crippen molar-refractivity contribution in [2.45, 2.75) is 315 Å². The lowest BCUT2D eigenvalue weighted by Crippen LogP contribution is -2.44. The molecular weight excluding hydrogens is 875 g/mol. The summed E-state index contributed by atoms with van der Waals surface area (Å²) in [6, 6.07) is 0. The third-order valence-electron chi connectivity index (χ3n) is 13.7. The van der Waals surface area contributed by atoms with Gasteiger partial charge >= 0.3 is 11.9 Å². The summed E-state index contributed by atoms with van der Waals surface area (Å²) in [5, 5.41) is 11.7. The molecule has 0 rings (SSSR count). The third-order valence-corrected chi connectivity index (χ3v) is 13.7. The Balaban J connectivity index is 3.87. The molecule has 0 aliphatic heterocycles. The van der Waals surface area contributed by atoms with Crippen molar-refractivity contribution in [1.82, 2.24) is 0 Å². The van der Waals surface area contributed by atoms with Gasteiger partial charge in [0.2, 0.25) is 0 Å². The SMILES string of the molecule is CCC/C=C\CCCCCCCC(=O)OC(COC(=O)CCCCCCCCCCCCCCCCCCCCCCCCCCCCCCCCCCCCC)COC(OCC[N+](C)(C)C)C(=O)[O-]. The number of carbonyl (C=O) groups is 3. The first-order valence-corrected chi connectivity index (χ1v) is 30.3. The summed E-state index contributed by atoms with van der Waals surface area (Å²) in [4.78, 5) is 37.1. The largest absolute Gasteiger partial charge is 0.545 e. The van der Waals surface area contributed by atoms with Crippen LogP contribution in [0.3, 0.4) is 0 Å². The highest BCUT2D eigenvalue weighted by atomic mass is 16.7. The van der Waals surface area contributed by atoms with Crippen LogP contribution in [0.25, 0.3) is 0 Å². The molecular formula is C61H117NO8. The van der Waals surface area contributed by atoms with Gasteiger partial charge in [-0.3, -0.25) is 9.59 Å². The number of likely N-dealkylation sites (N-methyl/N-ethyl adjacent to an activating group) is 1. The van der Waals surface area contributed by atoms with Gasteiger partial charge in [0.25, 0.3) is 0 Å². The Labute approximate surface area is 434 Å². The molecule has 0 aromatic carbocycles. The molecule has 414 valence electrons. The number of aliphatic carboxylic acids is 1. The van der Waals surface area contributed by atoms with Gasteiger partial charge in [-0.1, -0.05) is 270 Å². The van der Waals surface area contributed by atoms with Gasteiger partial charge in [-0.15, -0.1) is 0 Å². The highest BCUT2D eigenvalue weighted by molar-refractivity contribution is 5.70. The number of hydrogen-bond acceptors (Lipinski definition) is 8. The van der Waals surface area contributed by atoms with E-state index < -0.39 is 24.3 Å². The number of carbonyl (C=O) groups excluding carboxylic acids is 3. The molecule has 2 atom stereocenters. The minimum atomic E-state index is -1.62. The van der Waals surface area contributed by atoms with Gasteiger partial charge in [0.05, 0.1) is 40.3 Å². The standard InChI is InChI=1S/C61H117NO8/c1-6-8-10-12-14-16-18-19-20-21-22-23-24-25-26-27-28-29-30-31-32-33-34-35-36-37-38-39-40-41-42-44-45-47-49-51-58(63)68-55-57(56-69-61(60(65)66)67-54-53-62(3,4)5)70-59(64)52-50-48-46-43-17-15-13-11-9-7-2/h11,13,57,61H,6-10,12,14-56H2,1-5H3/b13-11-. The summed E-state index contributed by atoms with van der Waals surface area (Å²) < 4.78 is 22.6. The maximum atomic E-state index is 12.7. The molecule has 0 amide bonds. The van der Waals surface area contributed by atoms with E-state index in [1.165, 1.54) is 212 Å². The van der Waals surface area contributed by atoms with Crippen LogP contribution in [-0.4, -0.2) is 82.3 Å². The number of nitrogens with zero attached hydrogens (tertiary/aromatic N) is 1. The first-order valence-electron chi connectivity index (χ1n) is 30.3. The molecule has 0 saturated heterocycles. The number of esters is 2. The Bertz CT molecular complexity index is 1150. The van der Waals surface area contributed by atoms with Crippen molar-refractivity contribution in [3.8, 4) is 0 Å². The first kappa shape index (κ1) is 68.0. The molecule has 0 bridgehead atoms. The maximum Gasteiger partial charge on any atom is 0.306 e. The van der Waals surface area contributed by atoms with E-state index in [1.807, 2.05) is 21.1 Å². The minimum absolute atomic E-state index is 0.149. The molecule has 9 heteroatoms.